The molecule has 0 saturated heterocycles. The first-order valence-electron chi connectivity index (χ1n) is 8.03. The van der Waals surface area contributed by atoms with Gasteiger partial charge >= 0.3 is 5.97 Å². The van der Waals surface area contributed by atoms with Gasteiger partial charge in [-0.2, -0.15) is 5.10 Å². The summed E-state index contributed by atoms with van der Waals surface area (Å²) in [6.07, 6.45) is 0.135. The third kappa shape index (κ3) is 5.14. The Hall–Kier alpha value is -2.70. The molecule has 25 heavy (non-hydrogen) atoms. The highest BCUT2D eigenvalue weighted by Crippen LogP contribution is 2.17. The van der Waals surface area contributed by atoms with Crippen LogP contribution in [0.4, 0.5) is 4.39 Å². The maximum Gasteiger partial charge on any atom is 0.323 e. The Kier molecular flexibility index (Phi) is 5.90. The van der Waals surface area contributed by atoms with Crippen molar-refractivity contribution in [2.75, 3.05) is 6.54 Å². The summed E-state index contributed by atoms with van der Waals surface area (Å²) >= 11 is 0. The first kappa shape index (κ1) is 18.6. The summed E-state index contributed by atoms with van der Waals surface area (Å²) in [5.41, 5.74) is 2.49. The van der Waals surface area contributed by atoms with E-state index >= 15 is 0 Å². The average Bonchev–Trinajstić information content (AvgIpc) is 2.87. The number of carboxylic acid groups (broad SMARTS) is 1. The molecule has 1 aromatic heterocycles. The van der Waals surface area contributed by atoms with E-state index in [9.17, 15) is 14.0 Å². The number of carbonyl (C=O) groups excluding carboxylic acids is 1. The summed E-state index contributed by atoms with van der Waals surface area (Å²) in [7, 11) is 0. The Bertz CT molecular complexity index is 755. The molecule has 0 bridgehead atoms. The molecule has 0 aliphatic rings. The van der Waals surface area contributed by atoms with Crippen molar-refractivity contribution in [1.29, 1.82) is 0 Å². The second-order valence-corrected chi connectivity index (χ2v) is 6.19. The molecule has 1 amide bonds. The Balaban J connectivity index is 2.10. The van der Waals surface area contributed by atoms with E-state index in [1.807, 2.05) is 26.8 Å². The number of rotatable bonds is 7. The Labute approximate surface area is 145 Å². The summed E-state index contributed by atoms with van der Waals surface area (Å²) in [6.45, 7) is 5.38. The van der Waals surface area contributed by atoms with Gasteiger partial charge < -0.3 is 10.0 Å². The number of aliphatic carboxylic acids is 1. The topological polar surface area (TPSA) is 75.4 Å². The van der Waals surface area contributed by atoms with Crippen molar-refractivity contribution in [2.45, 2.75) is 39.8 Å². The standard InChI is InChI=1S/C18H22FN3O3/c1-12-8-13(2)22(20-12)14(3)9-17(23)21(11-18(24)25)10-15-4-6-16(19)7-5-15/h4-8,14H,9-11H2,1-3H3,(H,24,25). The van der Waals surface area contributed by atoms with Crippen molar-refractivity contribution < 1.29 is 19.1 Å². The molecular weight excluding hydrogens is 325 g/mol. The molecule has 1 N–H and O–H groups in total. The second kappa shape index (κ2) is 7.92. The maximum absolute atomic E-state index is 13.0. The number of amides is 1. The molecule has 0 spiro atoms. The summed E-state index contributed by atoms with van der Waals surface area (Å²) in [6, 6.07) is 7.40. The number of aryl methyl sites for hydroxylation is 2. The van der Waals surface area contributed by atoms with E-state index in [2.05, 4.69) is 5.10 Å². The van der Waals surface area contributed by atoms with Crippen LogP contribution < -0.4 is 0 Å². The lowest BCUT2D eigenvalue weighted by Crippen LogP contribution is -2.36. The highest BCUT2D eigenvalue weighted by molar-refractivity contribution is 5.81. The van der Waals surface area contributed by atoms with Gasteiger partial charge in [-0.3, -0.25) is 14.3 Å². The molecule has 0 radical (unpaired) electrons. The summed E-state index contributed by atoms with van der Waals surface area (Å²) < 4.78 is 14.8. The molecule has 0 saturated carbocycles. The molecule has 2 aromatic rings. The van der Waals surface area contributed by atoms with Gasteiger partial charge in [-0.15, -0.1) is 0 Å². The van der Waals surface area contributed by atoms with Crippen LogP contribution >= 0.6 is 0 Å². The first-order valence-corrected chi connectivity index (χ1v) is 8.03. The van der Waals surface area contributed by atoms with Gasteiger partial charge in [0.05, 0.1) is 11.7 Å². The van der Waals surface area contributed by atoms with Crippen molar-refractivity contribution in [3.05, 3.63) is 53.1 Å². The van der Waals surface area contributed by atoms with Crippen molar-refractivity contribution in [3.8, 4) is 0 Å². The highest BCUT2D eigenvalue weighted by atomic mass is 19.1. The van der Waals surface area contributed by atoms with Crippen molar-refractivity contribution in [3.63, 3.8) is 0 Å². The normalized spacial score (nSPS) is 12.0. The van der Waals surface area contributed by atoms with Crippen LogP contribution in [-0.2, 0) is 16.1 Å². The zero-order chi connectivity index (χ0) is 18.6. The van der Waals surface area contributed by atoms with Gasteiger partial charge in [0.15, 0.2) is 0 Å². The molecule has 0 aliphatic heterocycles. The van der Waals surface area contributed by atoms with Gasteiger partial charge in [-0.05, 0) is 44.5 Å². The van der Waals surface area contributed by atoms with Gasteiger partial charge in [0.2, 0.25) is 5.91 Å². The third-order valence-electron chi connectivity index (χ3n) is 3.90. The van der Waals surface area contributed by atoms with E-state index in [0.717, 1.165) is 11.4 Å². The molecular formula is C18H22FN3O3. The molecule has 0 fully saturated rings. The van der Waals surface area contributed by atoms with Gasteiger partial charge in [0, 0.05) is 18.7 Å². The van der Waals surface area contributed by atoms with Crippen LogP contribution in [0.2, 0.25) is 0 Å². The van der Waals surface area contributed by atoms with E-state index in [-0.39, 0.29) is 30.7 Å². The lowest BCUT2D eigenvalue weighted by Gasteiger charge is -2.23. The first-order chi connectivity index (χ1) is 11.8. The number of carboxylic acids is 1. The van der Waals surface area contributed by atoms with Gasteiger partial charge in [0.25, 0.3) is 0 Å². The SMILES string of the molecule is Cc1cc(C)n(C(C)CC(=O)N(CC(=O)O)Cc2ccc(F)cc2)n1. The molecule has 1 aromatic carbocycles. The number of carbonyl (C=O) groups is 2. The van der Waals surface area contributed by atoms with Crippen LogP contribution in [0.25, 0.3) is 0 Å². The quantitative estimate of drug-likeness (QED) is 0.835. The number of aromatic nitrogens is 2. The van der Waals surface area contributed by atoms with Crippen LogP contribution in [-0.4, -0.2) is 38.2 Å². The van der Waals surface area contributed by atoms with Crippen LogP contribution in [0.5, 0.6) is 0 Å². The molecule has 1 unspecified atom stereocenters. The Morgan fingerprint density at radius 2 is 1.92 bits per heavy atom. The molecule has 134 valence electrons. The number of hydrogen-bond acceptors (Lipinski definition) is 3. The second-order valence-electron chi connectivity index (χ2n) is 6.19. The van der Waals surface area contributed by atoms with Crippen LogP contribution in [0.15, 0.2) is 30.3 Å². The van der Waals surface area contributed by atoms with E-state index < -0.39 is 12.5 Å². The molecule has 6 nitrogen and oxygen atoms in total. The van der Waals surface area contributed by atoms with Crippen LogP contribution in [0.3, 0.4) is 0 Å². The van der Waals surface area contributed by atoms with Crippen LogP contribution in [0.1, 0.15) is 36.3 Å². The maximum atomic E-state index is 13.0. The number of hydrogen-bond donors (Lipinski definition) is 1. The van der Waals surface area contributed by atoms with Crippen LogP contribution in [0, 0.1) is 19.7 Å². The molecule has 0 aliphatic carbocycles. The van der Waals surface area contributed by atoms with Crippen molar-refractivity contribution >= 4 is 11.9 Å². The fraction of sp³-hybridized carbons (Fsp3) is 0.389. The average molecular weight is 347 g/mol. The molecule has 1 atom stereocenters. The van der Waals surface area contributed by atoms with Gasteiger partial charge in [-0.1, -0.05) is 12.1 Å². The minimum Gasteiger partial charge on any atom is -0.480 e. The lowest BCUT2D eigenvalue weighted by molar-refractivity contribution is -0.145. The minimum absolute atomic E-state index is 0.120. The van der Waals surface area contributed by atoms with Crippen molar-refractivity contribution in [1.82, 2.24) is 14.7 Å². The highest BCUT2D eigenvalue weighted by Gasteiger charge is 2.21. The minimum atomic E-state index is -1.09. The zero-order valence-corrected chi connectivity index (χ0v) is 14.6. The molecule has 1 heterocycles. The van der Waals surface area contributed by atoms with E-state index in [1.165, 1.54) is 17.0 Å². The van der Waals surface area contributed by atoms with E-state index in [0.29, 0.717) is 5.56 Å². The fourth-order valence-corrected chi connectivity index (χ4v) is 2.77. The van der Waals surface area contributed by atoms with Gasteiger partial charge in [0.1, 0.15) is 12.4 Å². The molecule has 2 rings (SSSR count). The van der Waals surface area contributed by atoms with E-state index in [4.69, 9.17) is 5.11 Å². The predicted molar refractivity (Wildman–Crippen MR) is 90.5 cm³/mol. The largest absolute Gasteiger partial charge is 0.480 e. The Morgan fingerprint density at radius 1 is 1.28 bits per heavy atom. The molecule has 7 heteroatoms. The lowest BCUT2D eigenvalue weighted by atomic mass is 10.1. The monoisotopic (exact) mass is 347 g/mol. The number of benzene rings is 1. The summed E-state index contributed by atoms with van der Waals surface area (Å²) in [4.78, 5) is 25.0. The van der Waals surface area contributed by atoms with Gasteiger partial charge in [-0.25, -0.2) is 4.39 Å². The predicted octanol–water partition coefficient (Wildman–Crippen LogP) is 2.70. The Morgan fingerprint density at radius 3 is 2.44 bits per heavy atom. The fourth-order valence-electron chi connectivity index (χ4n) is 2.77. The van der Waals surface area contributed by atoms with Crippen molar-refractivity contribution in [2.24, 2.45) is 0 Å². The zero-order valence-electron chi connectivity index (χ0n) is 14.6. The number of halogens is 1. The number of nitrogens with zero attached hydrogens (tertiary/aromatic N) is 3. The summed E-state index contributed by atoms with van der Waals surface area (Å²) in [5.74, 6) is -1.75. The summed E-state index contributed by atoms with van der Waals surface area (Å²) in [5, 5.41) is 13.4. The van der Waals surface area contributed by atoms with E-state index in [1.54, 1.807) is 16.8 Å². The smallest absolute Gasteiger partial charge is 0.323 e. The third-order valence-corrected chi connectivity index (χ3v) is 3.90.